The molecule has 0 radical (unpaired) electrons. The fraction of sp³-hybridized carbons (Fsp3) is 1.00. The monoisotopic (exact) mass is 153 g/mol. The van der Waals surface area contributed by atoms with Crippen molar-refractivity contribution in [3.05, 3.63) is 0 Å². The molecule has 1 atom stereocenters. The smallest absolute Gasteiger partial charge is 0.0696 e. The maximum absolute atomic E-state index is 8.45. The number of aliphatic hydroxyl groups is 1. The van der Waals surface area contributed by atoms with Crippen LogP contribution in [-0.2, 0) is 0 Å². The van der Waals surface area contributed by atoms with E-state index in [2.05, 4.69) is 25.3 Å². The van der Waals surface area contributed by atoms with E-state index in [9.17, 15) is 0 Å². The van der Waals surface area contributed by atoms with Crippen LogP contribution in [0.4, 0.5) is 0 Å². The average Bonchev–Trinajstić information content (AvgIpc) is 1.62. The van der Waals surface area contributed by atoms with Gasteiger partial charge in [0.15, 0.2) is 0 Å². The molecule has 0 rings (SSSR count). The van der Waals surface area contributed by atoms with Crippen molar-refractivity contribution in [1.82, 2.24) is 0 Å². The van der Waals surface area contributed by atoms with Crippen LogP contribution in [0.1, 0.15) is 6.92 Å². The lowest BCUT2D eigenvalue weighted by molar-refractivity contribution is 0.262. The lowest BCUT2D eigenvalue weighted by atomic mass is 10.2. The molecular formula is C4H11NOS2. The molecule has 0 aromatic carbocycles. The largest absolute Gasteiger partial charge is 0.395 e. The summed E-state index contributed by atoms with van der Waals surface area (Å²) in [6.07, 6.45) is 0. The van der Waals surface area contributed by atoms with Gasteiger partial charge in [-0.05, 0) is 6.92 Å². The van der Waals surface area contributed by atoms with E-state index in [1.807, 2.05) is 0 Å². The van der Waals surface area contributed by atoms with Crippen LogP contribution in [0.5, 0.6) is 0 Å². The van der Waals surface area contributed by atoms with E-state index in [1.165, 1.54) is 0 Å². The van der Waals surface area contributed by atoms with Gasteiger partial charge in [0, 0.05) is 0 Å². The van der Waals surface area contributed by atoms with Crippen LogP contribution < -0.4 is 5.73 Å². The van der Waals surface area contributed by atoms with E-state index in [4.69, 9.17) is 10.8 Å². The highest BCUT2D eigenvalue weighted by atomic mass is 32.2. The van der Waals surface area contributed by atoms with Gasteiger partial charge in [-0.25, -0.2) is 0 Å². The lowest BCUT2D eigenvalue weighted by Crippen LogP contribution is -2.39. The molecule has 0 fully saturated rings. The Labute approximate surface area is 60.3 Å². The molecule has 0 spiro atoms. The zero-order valence-corrected chi connectivity index (χ0v) is 6.49. The average molecular weight is 153 g/mol. The van der Waals surface area contributed by atoms with Crippen molar-refractivity contribution >= 4 is 25.3 Å². The second kappa shape index (κ2) is 2.96. The quantitative estimate of drug-likeness (QED) is 0.330. The number of thiol groups is 2. The molecule has 0 amide bonds. The van der Waals surface area contributed by atoms with Crippen molar-refractivity contribution < 1.29 is 5.11 Å². The Kier molecular flexibility index (Phi) is 3.19. The summed E-state index contributed by atoms with van der Waals surface area (Å²) in [6.45, 7) is 1.66. The Balaban J connectivity index is 3.62. The van der Waals surface area contributed by atoms with Gasteiger partial charge in [-0.3, -0.25) is 0 Å². The first-order chi connectivity index (χ1) is 3.48. The van der Waals surface area contributed by atoms with Crippen molar-refractivity contribution in [3.8, 4) is 0 Å². The summed E-state index contributed by atoms with van der Waals surface area (Å²) < 4.78 is -0.575. The number of hydrogen-bond donors (Lipinski definition) is 4. The van der Waals surface area contributed by atoms with Gasteiger partial charge < -0.3 is 10.8 Å². The van der Waals surface area contributed by atoms with E-state index < -0.39 is 4.08 Å². The molecule has 3 N–H and O–H groups in total. The second-order valence-corrected chi connectivity index (χ2v) is 4.09. The van der Waals surface area contributed by atoms with Crippen LogP contribution in [-0.4, -0.2) is 21.8 Å². The van der Waals surface area contributed by atoms with E-state index in [1.54, 1.807) is 6.92 Å². The van der Waals surface area contributed by atoms with Crippen LogP contribution in [0, 0.1) is 0 Å². The summed E-state index contributed by atoms with van der Waals surface area (Å²) in [6, 6.07) is -0.367. The van der Waals surface area contributed by atoms with Crippen LogP contribution in [0.25, 0.3) is 0 Å². The topological polar surface area (TPSA) is 46.2 Å². The summed E-state index contributed by atoms with van der Waals surface area (Å²) in [7, 11) is 0. The van der Waals surface area contributed by atoms with Gasteiger partial charge in [-0.15, -0.1) is 0 Å². The van der Waals surface area contributed by atoms with Crippen molar-refractivity contribution in [2.24, 2.45) is 5.73 Å². The predicted molar refractivity (Wildman–Crippen MR) is 41.4 cm³/mol. The molecule has 50 valence electrons. The minimum absolute atomic E-state index is 0.0799. The number of nitrogens with two attached hydrogens (primary N) is 1. The van der Waals surface area contributed by atoms with Crippen molar-refractivity contribution in [1.29, 1.82) is 0 Å². The van der Waals surface area contributed by atoms with Crippen LogP contribution in [0.2, 0.25) is 0 Å². The van der Waals surface area contributed by atoms with Crippen LogP contribution >= 0.6 is 25.3 Å². The molecule has 0 saturated heterocycles. The maximum Gasteiger partial charge on any atom is 0.0696 e. The Morgan fingerprint density at radius 3 is 2.12 bits per heavy atom. The van der Waals surface area contributed by atoms with Gasteiger partial charge in [0.2, 0.25) is 0 Å². The molecule has 0 aromatic rings. The fourth-order valence-corrected chi connectivity index (χ4v) is 0.336. The summed E-state index contributed by atoms with van der Waals surface area (Å²) >= 11 is 8.02. The highest BCUT2D eigenvalue weighted by Gasteiger charge is 2.21. The van der Waals surface area contributed by atoms with E-state index in [0.29, 0.717) is 0 Å². The standard InChI is InChI=1S/C4H11NOS2/c1-4(7,8)3(5)2-6/h3,6-8H,2,5H2,1H3/t3-/m0/s1. The molecule has 0 aliphatic heterocycles. The lowest BCUT2D eigenvalue weighted by Gasteiger charge is -2.22. The summed E-state index contributed by atoms with van der Waals surface area (Å²) in [5, 5.41) is 8.45. The predicted octanol–water partition coefficient (Wildman–Crippen LogP) is -0.118. The zero-order chi connectivity index (χ0) is 6.78. The second-order valence-electron chi connectivity index (χ2n) is 1.88. The Morgan fingerprint density at radius 2 is 2.12 bits per heavy atom. The number of aliphatic hydroxyl groups excluding tert-OH is 1. The maximum atomic E-state index is 8.45. The number of rotatable bonds is 2. The summed E-state index contributed by atoms with van der Waals surface area (Å²) in [4.78, 5) is 0. The first-order valence-corrected chi connectivity index (χ1v) is 3.19. The Bertz CT molecular complexity index is 70.9. The third-order valence-corrected chi connectivity index (χ3v) is 1.56. The third-order valence-electron chi connectivity index (χ3n) is 0.899. The van der Waals surface area contributed by atoms with Gasteiger partial charge in [0.05, 0.1) is 16.7 Å². The zero-order valence-electron chi connectivity index (χ0n) is 4.70. The Morgan fingerprint density at radius 1 is 1.75 bits per heavy atom. The molecule has 0 aliphatic carbocycles. The van der Waals surface area contributed by atoms with Crippen molar-refractivity contribution in [2.45, 2.75) is 17.0 Å². The molecule has 0 saturated carbocycles. The van der Waals surface area contributed by atoms with Gasteiger partial charge in [-0.2, -0.15) is 25.3 Å². The molecule has 4 heteroatoms. The van der Waals surface area contributed by atoms with E-state index in [-0.39, 0.29) is 12.6 Å². The third kappa shape index (κ3) is 2.81. The highest BCUT2D eigenvalue weighted by Crippen LogP contribution is 2.20. The van der Waals surface area contributed by atoms with Crippen molar-refractivity contribution in [2.75, 3.05) is 6.61 Å². The molecule has 0 heterocycles. The molecule has 2 nitrogen and oxygen atoms in total. The first-order valence-electron chi connectivity index (χ1n) is 2.29. The normalized spacial score (nSPS) is 16.1. The van der Waals surface area contributed by atoms with E-state index >= 15 is 0 Å². The van der Waals surface area contributed by atoms with Gasteiger partial charge in [0.25, 0.3) is 0 Å². The fourth-order valence-electron chi connectivity index (χ4n) is 0.173. The van der Waals surface area contributed by atoms with Gasteiger partial charge in [0.1, 0.15) is 0 Å². The molecule has 0 aromatic heterocycles. The summed E-state index contributed by atoms with van der Waals surface area (Å²) in [5.41, 5.74) is 5.35. The first kappa shape index (κ1) is 8.62. The minimum Gasteiger partial charge on any atom is -0.395 e. The van der Waals surface area contributed by atoms with Gasteiger partial charge >= 0.3 is 0 Å². The summed E-state index contributed by atoms with van der Waals surface area (Å²) in [5.74, 6) is 0. The van der Waals surface area contributed by atoms with Gasteiger partial charge in [-0.1, -0.05) is 0 Å². The molecule has 0 bridgehead atoms. The molecular weight excluding hydrogens is 142 g/mol. The van der Waals surface area contributed by atoms with Crippen LogP contribution in [0.15, 0.2) is 0 Å². The van der Waals surface area contributed by atoms with E-state index in [0.717, 1.165) is 0 Å². The Hall–Kier alpha value is 0.620. The molecule has 0 unspecified atom stereocenters. The highest BCUT2D eigenvalue weighted by molar-refractivity contribution is 8.00. The van der Waals surface area contributed by atoms with Crippen molar-refractivity contribution in [3.63, 3.8) is 0 Å². The number of hydrogen-bond acceptors (Lipinski definition) is 4. The van der Waals surface area contributed by atoms with Crippen LogP contribution in [0.3, 0.4) is 0 Å². The minimum atomic E-state index is -0.575. The SMILES string of the molecule is CC(S)(S)[C@@H](N)CO. The molecule has 0 aliphatic rings. The molecule has 8 heavy (non-hydrogen) atoms.